The van der Waals surface area contributed by atoms with Gasteiger partial charge in [0.05, 0.1) is 11.8 Å². The van der Waals surface area contributed by atoms with Crippen LogP contribution in [0.25, 0.3) is 0 Å². The van der Waals surface area contributed by atoms with E-state index in [1.54, 1.807) is 6.20 Å². The first-order chi connectivity index (χ1) is 7.86. The molecule has 0 spiro atoms. The molecule has 0 unspecified atom stereocenters. The zero-order chi connectivity index (χ0) is 11.2. The van der Waals surface area contributed by atoms with E-state index in [-0.39, 0.29) is 5.91 Å². The molecule has 0 radical (unpaired) electrons. The number of hydrogen-bond acceptors (Lipinski definition) is 4. The third-order valence-electron chi connectivity index (χ3n) is 2.68. The van der Waals surface area contributed by atoms with Crippen LogP contribution in [-0.2, 0) is 0 Å². The Balaban J connectivity index is 1.66. The number of rotatable bonds is 4. The predicted octanol–water partition coefficient (Wildman–Crippen LogP) is -0.955. The largest absolute Gasteiger partial charge is 0.351 e. The molecule has 1 fully saturated rings. The molecule has 1 amide bonds. The average Bonchev–Trinajstić information content (AvgIpc) is 2.84. The van der Waals surface area contributed by atoms with Gasteiger partial charge in [0.15, 0.2) is 0 Å². The maximum absolute atomic E-state index is 11.5. The third-order valence-corrected chi connectivity index (χ3v) is 2.68. The summed E-state index contributed by atoms with van der Waals surface area (Å²) in [5.41, 5.74) is 0.584. The quantitative estimate of drug-likeness (QED) is 0.615. The van der Waals surface area contributed by atoms with Crippen molar-refractivity contribution >= 4 is 5.91 Å². The summed E-state index contributed by atoms with van der Waals surface area (Å²) < 4.78 is 0. The molecule has 1 aliphatic heterocycles. The van der Waals surface area contributed by atoms with Gasteiger partial charge in [0.2, 0.25) is 0 Å². The van der Waals surface area contributed by atoms with Crippen LogP contribution in [0.5, 0.6) is 0 Å². The Morgan fingerprint density at radius 1 is 1.50 bits per heavy atom. The number of carbonyl (C=O) groups is 1. The summed E-state index contributed by atoms with van der Waals surface area (Å²) in [5.74, 6) is -0.0658. The van der Waals surface area contributed by atoms with Crippen molar-refractivity contribution in [1.82, 2.24) is 25.7 Å². The summed E-state index contributed by atoms with van der Waals surface area (Å²) in [6.45, 7) is 5.78. The molecule has 0 saturated carbocycles. The van der Waals surface area contributed by atoms with Crippen molar-refractivity contribution in [2.75, 3.05) is 39.3 Å². The van der Waals surface area contributed by atoms with Crippen LogP contribution in [0.3, 0.4) is 0 Å². The van der Waals surface area contributed by atoms with Crippen molar-refractivity contribution in [3.8, 4) is 0 Å². The molecule has 2 rings (SSSR count). The van der Waals surface area contributed by atoms with Gasteiger partial charge in [-0.05, 0) is 0 Å². The van der Waals surface area contributed by atoms with Crippen molar-refractivity contribution in [1.29, 1.82) is 0 Å². The molecular formula is C10H17N5O. The molecule has 0 aliphatic carbocycles. The number of piperazine rings is 1. The van der Waals surface area contributed by atoms with Crippen LogP contribution in [-0.4, -0.2) is 60.3 Å². The Morgan fingerprint density at radius 2 is 2.31 bits per heavy atom. The molecule has 6 nitrogen and oxygen atoms in total. The number of nitrogens with zero attached hydrogens (tertiary/aromatic N) is 2. The van der Waals surface area contributed by atoms with Crippen molar-refractivity contribution in [3.05, 3.63) is 18.0 Å². The lowest BCUT2D eigenvalue weighted by Gasteiger charge is -2.26. The molecule has 1 aromatic rings. The van der Waals surface area contributed by atoms with E-state index in [1.165, 1.54) is 6.20 Å². The fourth-order valence-electron chi connectivity index (χ4n) is 1.74. The van der Waals surface area contributed by atoms with Crippen LogP contribution in [0.2, 0.25) is 0 Å². The van der Waals surface area contributed by atoms with E-state index >= 15 is 0 Å². The monoisotopic (exact) mass is 223 g/mol. The summed E-state index contributed by atoms with van der Waals surface area (Å²) in [7, 11) is 0. The Bertz CT molecular complexity index is 318. The van der Waals surface area contributed by atoms with Crippen LogP contribution in [0.15, 0.2) is 12.4 Å². The SMILES string of the molecule is O=C(NCCN1CCNCC1)c1cn[nH]c1. The van der Waals surface area contributed by atoms with Crippen molar-refractivity contribution in [3.63, 3.8) is 0 Å². The first kappa shape index (κ1) is 11.1. The van der Waals surface area contributed by atoms with E-state index < -0.39 is 0 Å². The summed E-state index contributed by atoms with van der Waals surface area (Å²) in [4.78, 5) is 13.9. The maximum Gasteiger partial charge on any atom is 0.254 e. The normalized spacial score (nSPS) is 17.2. The average molecular weight is 223 g/mol. The highest BCUT2D eigenvalue weighted by atomic mass is 16.1. The zero-order valence-corrected chi connectivity index (χ0v) is 9.20. The number of aromatic amines is 1. The minimum atomic E-state index is -0.0658. The number of amides is 1. The van der Waals surface area contributed by atoms with Gasteiger partial charge in [-0.1, -0.05) is 0 Å². The van der Waals surface area contributed by atoms with Gasteiger partial charge in [-0.3, -0.25) is 14.8 Å². The Morgan fingerprint density at radius 3 is 3.00 bits per heavy atom. The van der Waals surface area contributed by atoms with Gasteiger partial charge in [-0.25, -0.2) is 0 Å². The molecule has 16 heavy (non-hydrogen) atoms. The number of H-pyrrole nitrogens is 1. The lowest BCUT2D eigenvalue weighted by Crippen LogP contribution is -2.46. The second-order valence-electron chi connectivity index (χ2n) is 3.83. The van der Waals surface area contributed by atoms with Gasteiger partial charge in [0.1, 0.15) is 0 Å². The van der Waals surface area contributed by atoms with Crippen LogP contribution in [0.1, 0.15) is 10.4 Å². The Kier molecular flexibility index (Phi) is 3.90. The first-order valence-corrected chi connectivity index (χ1v) is 5.56. The highest BCUT2D eigenvalue weighted by Gasteiger charge is 2.10. The lowest BCUT2D eigenvalue weighted by molar-refractivity contribution is 0.0947. The number of aromatic nitrogens is 2. The first-order valence-electron chi connectivity index (χ1n) is 5.56. The molecular weight excluding hydrogens is 206 g/mol. The van der Waals surface area contributed by atoms with Crippen LogP contribution >= 0.6 is 0 Å². The van der Waals surface area contributed by atoms with Gasteiger partial charge in [-0.15, -0.1) is 0 Å². The highest BCUT2D eigenvalue weighted by Crippen LogP contribution is 1.93. The summed E-state index contributed by atoms with van der Waals surface area (Å²) in [6, 6.07) is 0. The van der Waals surface area contributed by atoms with E-state index in [0.717, 1.165) is 32.7 Å². The number of carbonyl (C=O) groups excluding carboxylic acids is 1. The molecule has 3 N–H and O–H groups in total. The summed E-state index contributed by atoms with van der Waals surface area (Å²) in [5, 5.41) is 12.5. The second-order valence-corrected chi connectivity index (χ2v) is 3.83. The fourth-order valence-corrected chi connectivity index (χ4v) is 1.74. The topological polar surface area (TPSA) is 73.1 Å². The van der Waals surface area contributed by atoms with Crippen molar-refractivity contribution < 1.29 is 4.79 Å². The smallest absolute Gasteiger partial charge is 0.254 e. The van der Waals surface area contributed by atoms with E-state index in [0.29, 0.717) is 12.1 Å². The fraction of sp³-hybridized carbons (Fsp3) is 0.600. The third kappa shape index (κ3) is 3.04. The van der Waals surface area contributed by atoms with E-state index in [2.05, 4.69) is 25.7 Å². The van der Waals surface area contributed by atoms with Crippen molar-refractivity contribution in [2.24, 2.45) is 0 Å². The van der Waals surface area contributed by atoms with Gasteiger partial charge in [-0.2, -0.15) is 5.10 Å². The van der Waals surface area contributed by atoms with E-state index in [1.807, 2.05) is 0 Å². The summed E-state index contributed by atoms with van der Waals surface area (Å²) >= 11 is 0. The maximum atomic E-state index is 11.5. The zero-order valence-electron chi connectivity index (χ0n) is 9.20. The van der Waals surface area contributed by atoms with Crippen LogP contribution < -0.4 is 10.6 Å². The number of hydrogen-bond donors (Lipinski definition) is 3. The molecule has 1 saturated heterocycles. The molecule has 6 heteroatoms. The van der Waals surface area contributed by atoms with Gasteiger partial charge in [0.25, 0.3) is 5.91 Å². The molecule has 0 atom stereocenters. The molecule has 1 aromatic heterocycles. The van der Waals surface area contributed by atoms with E-state index in [4.69, 9.17) is 0 Å². The summed E-state index contributed by atoms with van der Waals surface area (Å²) in [6.07, 6.45) is 3.13. The Hall–Kier alpha value is -1.40. The van der Waals surface area contributed by atoms with Crippen LogP contribution in [0, 0.1) is 0 Å². The molecule has 0 aromatic carbocycles. The predicted molar refractivity (Wildman–Crippen MR) is 60.2 cm³/mol. The minimum absolute atomic E-state index is 0.0658. The van der Waals surface area contributed by atoms with Gasteiger partial charge in [0, 0.05) is 45.5 Å². The van der Waals surface area contributed by atoms with Gasteiger partial charge < -0.3 is 10.6 Å². The number of nitrogens with one attached hydrogen (secondary N) is 3. The van der Waals surface area contributed by atoms with E-state index in [9.17, 15) is 4.79 Å². The second kappa shape index (κ2) is 5.62. The lowest BCUT2D eigenvalue weighted by atomic mass is 10.3. The molecule has 88 valence electrons. The highest BCUT2D eigenvalue weighted by molar-refractivity contribution is 5.93. The van der Waals surface area contributed by atoms with Gasteiger partial charge >= 0.3 is 0 Å². The molecule has 1 aliphatic rings. The van der Waals surface area contributed by atoms with Crippen molar-refractivity contribution in [2.45, 2.75) is 0 Å². The van der Waals surface area contributed by atoms with Crippen LogP contribution in [0.4, 0.5) is 0 Å². The molecule has 0 bridgehead atoms. The standard InChI is InChI=1S/C10H17N5O/c16-10(9-7-13-14-8-9)12-3-6-15-4-1-11-2-5-15/h7-8,11H,1-6H2,(H,12,16)(H,13,14). The Labute approximate surface area is 94.4 Å². The minimum Gasteiger partial charge on any atom is -0.351 e. The molecule has 2 heterocycles.